The van der Waals surface area contributed by atoms with Crippen molar-refractivity contribution in [3.8, 4) is 0 Å². The number of carbonyl (C=O) groups excluding carboxylic acids is 2. The number of hydrogen-bond acceptors (Lipinski definition) is 3. The summed E-state index contributed by atoms with van der Waals surface area (Å²) in [6.07, 6.45) is 1.33. The van der Waals surface area contributed by atoms with Crippen LogP contribution in [0.5, 0.6) is 0 Å². The number of carboxylic acids is 1. The molecule has 1 heterocycles. The summed E-state index contributed by atoms with van der Waals surface area (Å²) in [6.45, 7) is 1.84. The second-order valence-corrected chi connectivity index (χ2v) is 4.79. The van der Waals surface area contributed by atoms with Crippen LogP contribution in [0, 0.1) is 23.7 Å². The van der Waals surface area contributed by atoms with Gasteiger partial charge in [0.25, 0.3) is 0 Å². The molecule has 0 bridgehead atoms. The van der Waals surface area contributed by atoms with Gasteiger partial charge in [0.1, 0.15) is 0 Å². The first-order chi connectivity index (χ1) is 7.45. The molecule has 0 radical (unpaired) electrons. The summed E-state index contributed by atoms with van der Waals surface area (Å²) in [7, 11) is 1.44. The molecule has 16 heavy (non-hydrogen) atoms. The molecule has 0 aromatic rings. The van der Waals surface area contributed by atoms with Crippen LogP contribution < -0.4 is 0 Å². The van der Waals surface area contributed by atoms with E-state index in [4.69, 9.17) is 5.11 Å². The molecule has 0 aromatic carbocycles. The molecule has 2 amide bonds. The van der Waals surface area contributed by atoms with Gasteiger partial charge in [0.05, 0.1) is 17.8 Å². The minimum absolute atomic E-state index is 0.0398. The lowest BCUT2D eigenvalue weighted by Gasteiger charge is -2.32. The van der Waals surface area contributed by atoms with Crippen molar-refractivity contribution >= 4 is 17.8 Å². The molecular weight excluding hydrogens is 210 g/mol. The molecule has 5 nitrogen and oxygen atoms in total. The summed E-state index contributed by atoms with van der Waals surface area (Å²) in [6, 6.07) is 0. The van der Waals surface area contributed by atoms with E-state index in [-0.39, 0.29) is 17.7 Å². The standard InChI is InChI=1S/C11H15NO4/c1-5-3-4-6-8(7(5)11(15)16)10(14)12(2)9(6)13/h5-8H,3-4H2,1-2H3,(H,15,16)/t5-,6+,7+,8-/m1/s1. The van der Waals surface area contributed by atoms with Crippen LogP contribution in [0.4, 0.5) is 0 Å². The van der Waals surface area contributed by atoms with Gasteiger partial charge in [-0.15, -0.1) is 0 Å². The molecule has 1 aliphatic carbocycles. The molecule has 1 N–H and O–H groups in total. The van der Waals surface area contributed by atoms with E-state index in [1.807, 2.05) is 6.92 Å². The first-order valence-electron chi connectivity index (χ1n) is 5.49. The van der Waals surface area contributed by atoms with Crippen molar-refractivity contribution in [2.45, 2.75) is 19.8 Å². The van der Waals surface area contributed by atoms with E-state index >= 15 is 0 Å². The number of amides is 2. The average molecular weight is 225 g/mol. The van der Waals surface area contributed by atoms with Gasteiger partial charge in [-0.25, -0.2) is 0 Å². The maximum atomic E-state index is 11.9. The fourth-order valence-electron chi connectivity index (χ4n) is 2.99. The molecule has 2 rings (SSSR count). The van der Waals surface area contributed by atoms with Crippen molar-refractivity contribution < 1.29 is 19.5 Å². The van der Waals surface area contributed by atoms with Crippen molar-refractivity contribution in [2.24, 2.45) is 23.7 Å². The lowest BCUT2D eigenvalue weighted by atomic mass is 9.68. The van der Waals surface area contributed by atoms with Crippen molar-refractivity contribution in [1.82, 2.24) is 4.90 Å². The van der Waals surface area contributed by atoms with Gasteiger partial charge in [-0.1, -0.05) is 6.92 Å². The number of fused-ring (bicyclic) bond motifs is 1. The molecule has 4 atom stereocenters. The largest absolute Gasteiger partial charge is 0.481 e. The Labute approximate surface area is 93.4 Å². The van der Waals surface area contributed by atoms with Gasteiger partial charge in [0.2, 0.25) is 11.8 Å². The van der Waals surface area contributed by atoms with E-state index in [9.17, 15) is 14.4 Å². The van der Waals surface area contributed by atoms with E-state index in [2.05, 4.69) is 0 Å². The average Bonchev–Trinajstić information content (AvgIpc) is 2.43. The predicted octanol–water partition coefficient (Wildman–Crippen LogP) is 0.348. The number of imide groups is 1. The lowest BCUT2D eigenvalue weighted by Crippen LogP contribution is -2.40. The van der Waals surface area contributed by atoms with Crippen molar-refractivity contribution in [2.75, 3.05) is 7.05 Å². The summed E-state index contributed by atoms with van der Waals surface area (Å²) in [5.41, 5.74) is 0. The number of likely N-dealkylation sites (tertiary alicyclic amines) is 1. The highest BCUT2D eigenvalue weighted by atomic mass is 16.4. The predicted molar refractivity (Wildman–Crippen MR) is 54.3 cm³/mol. The summed E-state index contributed by atoms with van der Waals surface area (Å²) in [4.78, 5) is 35.9. The third kappa shape index (κ3) is 1.34. The maximum absolute atomic E-state index is 11.9. The van der Waals surface area contributed by atoms with Crippen LogP contribution in [0.3, 0.4) is 0 Å². The number of aliphatic carboxylic acids is 1. The number of rotatable bonds is 1. The molecule has 5 heteroatoms. The van der Waals surface area contributed by atoms with Crippen LogP contribution in [0.2, 0.25) is 0 Å². The van der Waals surface area contributed by atoms with Crippen molar-refractivity contribution in [3.63, 3.8) is 0 Å². The Morgan fingerprint density at radius 2 is 1.94 bits per heavy atom. The topological polar surface area (TPSA) is 74.7 Å². The van der Waals surface area contributed by atoms with Gasteiger partial charge in [-0.05, 0) is 18.8 Å². The van der Waals surface area contributed by atoms with Crippen LogP contribution in [0.15, 0.2) is 0 Å². The zero-order valence-corrected chi connectivity index (χ0v) is 9.34. The summed E-state index contributed by atoms with van der Waals surface area (Å²) < 4.78 is 0. The fourth-order valence-corrected chi connectivity index (χ4v) is 2.99. The SMILES string of the molecule is C[C@@H]1CC[C@@H]2C(=O)N(C)C(=O)[C@H]2[C@H]1C(=O)O. The Bertz CT molecular complexity index is 365. The van der Waals surface area contributed by atoms with Gasteiger partial charge in [-0.3, -0.25) is 19.3 Å². The van der Waals surface area contributed by atoms with Crippen LogP contribution in [0.25, 0.3) is 0 Å². The van der Waals surface area contributed by atoms with Gasteiger partial charge in [-0.2, -0.15) is 0 Å². The van der Waals surface area contributed by atoms with Crippen LogP contribution in [-0.4, -0.2) is 34.8 Å². The van der Waals surface area contributed by atoms with Crippen molar-refractivity contribution in [1.29, 1.82) is 0 Å². The van der Waals surface area contributed by atoms with Gasteiger partial charge >= 0.3 is 5.97 Å². The van der Waals surface area contributed by atoms with Crippen LogP contribution >= 0.6 is 0 Å². The van der Waals surface area contributed by atoms with Gasteiger partial charge in [0, 0.05) is 7.05 Å². The van der Waals surface area contributed by atoms with E-state index in [0.29, 0.717) is 12.8 Å². The van der Waals surface area contributed by atoms with Crippen LogP contribution in [0.1, 0.15) is 19.8 Å². The third-order valence-corrected chi connectivity index (χ3v) is 3.92. The Balaban J connectivity index is 2.37. The summed E-state index contributed by atoms with van der Waals surface area (Å²) in [5.74, 6) is -3.29. The molecule has 1 saturated carbocycles. The zero-order chi connectivity index (χ0) is 12.0. The monoisotopic (exact) mass is 225 g/mol. The zero-order valence-electron chi connectivity index (χ0n) is 9.34. The molecule has 1 saturated heterocycles. The van der Waals surface area contributed by atoms with E-state index < -0.39 is 23.7 Å². The molecule has 0 spiro atoms. The minimum atomic E-state index is -0.960. The Kier molecular flexibility index (Phi) is 2.48. The van der Waals surface area contributed by atoms with E-state index in [1.54, 1.807) is 0 Å². The first-order valence-corrected chi connectivity index (χ1v) is 5.49. The number of hydrogen-bond donors (Lipinski definition) is 1. The minimum Gasteiger partial charge on any atom is -0.481 e. The smallest absolute Gasteiger partial charge is 0.307 e. The Morgan fingerprint density at radius 3 is 2.50 bits per heavy atom. The molecule has 2 fully saturated rings. The molecule has 1 aliphatic heterocycles. The summed E-state index contributed by atoms with van der Waals surface area (Å²) in [5, 5.41) is 9.16. The lowest BCUT2D eigenvalue weighted by molar-refractivity contribution is -0.152. The Morgan fingerprint density at radius 1 is 1.31 bits per heavy atom. The highest BCUT2D eigenvalue weighted by Gasteiger charge is 2.55. The quantitative estimate of drug-likeness (QED) is 0.653. The third-order valence-electron chi connectivity index (χ3n) is 3.92. The second-order valence-electron chi connectivity index (χ2n) is 4.79. The van der Waals surface area contributed by atoms with Crippen LogP contribution in [-0.2, 0) is 14.4 Å². The number of nitrogens with zero attached hydrogens (tertiary/aromatic N) is 1. The second kappa shape index (κ2) is 3.57. The number of carboxylic acid groups (broad SMARTS) is 1. The van der Waals surface area contributed by atoms with Crippen molar-refractivity contribution in [3.05, 3.63) is 0 Å². The summed E-state index contributed by atoms with van der Waals surface area (Å²) >= 11 is 0. The van der Waals surface area contributed by atoms with Gasteiger partial charge < -0.3 is 5.11 Å². The molecule has 88 valence electrons. The van der Waals surface area contributed by atoms with E-state index in [0.717, 1.165) is 4.90 Å². The highest BCUT2D eigenvalue weighted by Crippen LogP contribution is 2.44. The highest BCUT2D eigenvalue weighted by molar-refractivity contribution is 6.06. The maximum Gasteiger partial charge on any atom is 0.307 e. The van der Waals surface area contributed by atoms with E-state index in [1.165, 1.54) is 7.05 Å². The molecule has 0 aromatic heterocycles. The molecule has 2 aliphatic rings. The molecular formula is C11H15NO4. The molecule has 0 unspecified atom stereocenters. The Hall–Kier alpha value is -1.39. The normalized spacial score (nSPS) is 38.8. The first kappa shape index (κ1) is 11.1. The fraction of sp³-hybridized carbons (Fsp3) is 0.727. The number of carbonyl (C=O) groups is 3. The van der Waals surface area contributed by atoms with Gasteiger partial charge in [0.15, 0.2) is 0 Å².